The molecule has 0 atom stereocenters. The molecule has 2 rings (SSSR count). The monoisotopic (exact) mass is 332 g/mol. The summed E-state index contributed by atoms with van der Waals surface area (Å²) in [6, 6.07) is 13.5. The van der Waals surface area contributed by atoms with Crippen LogP contribution in [0.15, 0.2) is 47.4 Å². The standard InChI is InChI=1S/C18H24N2O2S/c1-14-9-15(2)11-17(10-14)20(5)13-16-7-6-8-18(12-16)23(21,22)19(3)4/h6-12H,13H2,1-5H3. The number of hydrogen-bond acceptors (Lipinski definition) is 3. The van der Waals surface area contributed by atoms with Crippen molar-refractivity contribution in [3.8, 4) is 0 Å². The summed E-state index contributed by atoms with van der Waals surface area (Å²) < 4.78 is 25.7. The van der Waals surface area contributed by atoms with Gasteiger partial charge in [0.2, 0.25) is 10.0 Å². The molecule has 4 nitrogen and oxygen atoms in total. The van der Waals surface area contributed by atoms with Crippen molar-refractivity contribution in [3.63, 3.8) is 0 Å². The number of sulfonamides is 1. The van der Waals surface area contributed by atoms with Crippen molar-refractivity contribution in [2.75, 3.05) is 26.0 Å². The maximum atomic E-state index is 12.2. The van der Waals surface area contributed by atoms with Crippen LogP contribution in [0.25, 0.3) is 0 Å². The summed E-state index contributed by atoms with van der Waals surface area (Å²) in [5.41, 5.74) is 4.53. The third kappa shape index (κ3) is 4.12. The van der Waals surface area contributed by atoms with Crippen LogP contribution in [0.1, 0.15) is 16.7 Å². The molecular weight excluding hydrogens is 308 g/mol. The Labute approximate surface area is 139 Å². The predicted octanol–water partition coefficient (Wildman–Crippen LogP) is 3.19. The molecule has 23 heavy (non-hydrogen) atoms. The SMILES string of the molecule is Cc1cc(C)cc(N(C)Cc2cccc(S(=O)(=O)N(C)C)c2)c1. The lowest BCUT2D eigenvalue weighted by atomic mass is 10.1. The zero-order chi connectivity index (χ0) is 17.2. The topological polar surface area (TPSA) is 40.6 Å². The highest BCUT2D eigenvalue weighted by molar-refractivity contribution is 7.89. The Hall–Kier alpha value is -1.85. The van der Waals surface area contributed by atoms with Gasteiger partial charge in [0.05, 0.1) is 4.90 Å². The summed E-state index contributed by atoms with van der Waals surface area (Å²) in [5.74, 6) is 0. The van der Waals surface area contributed by atoms with E-state index in [4.69, 9.17) is 0 Å². The van der Waals surface area contributed by atoms with Crippen LogP contribution in [0.3, 0.4) is 0 Å². The Morgan fingerprint density at radius 1 is 0.913 bits per heavy atom. The quantitative estimate of drug-likeness (QED) is 0.844. The van der Waals surface area contributed by atoms with Gasteiger partial charge in [0.1, 0.15) is 0 Å². The van der Waals surface area contributed by atoms with Gasteiger partial charge >= 0.3 is 0 Å². The van der Waals surface area contributed by atoms with Crippen molar-refractivity contribution < 1.29 is 8.42 Å². The zero-order valence-electron chi connectivity index (χ0n) is 14.4. The summed E-state index contributed by atoms with van der Waals surface area (Å²) in [5, 5.41) is 0. The first-order chi connectivity index (χ1) is 10.7. The minimum Gasteiger partial charge on any atom is -0.370 e. The molecule has 124 valence electrons. The van der Waals surface area contributed by atoms with E-state index in [-0.39, 0.29) is 0 Å². The van der Waals surface area contributed by atoms with E-state index in [1.807, 2.05) is 13.1 Å². The summed E-state index contributed by atoms with van der Waals surface area (Å²) in [4.78, 5) is 2.45. The summed E-state index contributed by atoms with van der Waals surface area (Å²) >= 11 is 0. The van der Waals surface area contributed by atoms with Gasteiger partial charge in [-0.05, 0) is 54.8 Å². The highest BCUT2D eigenvalue weighted by Gasteiger charge is 2.17. The third-order valence-electron chi connectivity index (χ3n) is 3.74. The van der Waals surface area contributed by atoms with Crippen LogP contribution in [0.5, 0.6) is 0 Å². The number of benzene rings is 2. The van der Waals surface area contributed by atoms with Crippen LogP contribution in [0.4, 0.5) is 5.69 Å². The Bertz CT molecular complexity index is 778. The van der Waals surface area contributed by atoms with Crippen molar-refractivity contribution >= 4 is 15.7 Å². The first-order valence-electron chi connectivity index (χ1n) is 7.51. The number of nitrogens with zero attached hydrogens (tertiary/aromatic N) is 2. The zero-order valence-corrected chi connectivity index (χ0v) is 15.2. The van der Waals surface area contributed by atoms with Gasteiger partial charge in [-0.3, -0.25) is 0 Å². The summed E-state index contributed by atoms with van der Waals surface area (Å²) in [6.45, 7) is 4.81. The minimum atomic E-state index is -3.40. The number of aryl methyl sites for hydroxylation is 2. The molecule has 0 fully saturated rings. The van der Waals surface area contributed by atoms with Gasteiger partial charge in [0.25, 0.3) is 0 Å². The summed E-state index contributed by atoms with van der Waals surface area (Å²) in [7, 11) is 1.71. The second kappa shape index (κ2) is 6.72. The van der Waals surface area contributed by atoms with Crippen LogP contribution >= 0.6 is 0 Å². The smallest absolute Gasteiger partial charge is 0.242 e. The van der Waals surface area contributed by atoms with E-state index >= 15 is 0 Å². The Morgan fingerprint density at radius 2 is 1.52 bits per heavy atom. The van der Waals surface area contributed by atoms with E-state index in [9.17, 15) is 8.42 Å². The molecule has 0 bridgehead atoms. The fourth-order valence-corrected chi connectivity index (χ4v) is 3.52. The molecule has 0 radical (unpaired) electrons. The van der Waals surface area contributed by atoms with Crippen molar-refractivity contribution in [1.82, 2.24) is 4.31 Å². The molecule has 0 heterocycles. The van der Waals surface area contributed by atoms with Crippen LogP contribution in [-0.4, -0.2) is 33.9 Å². The van der Waals surface area contributed by atoms with E-state index in [0.717, 1.165) is 11.3 Å². The van der Waals surface area contributed by atoms with Gasteiger partial charge in [-0.25, -0.2) is 12.7 Å². The first kappa shape index (κ1) is 17.5. The predicted molar refractivity (Wildman–Crippen MR) is 95.3 cm³/mol. The average molecular weight is 332 g/mol. The van der Waals surface area contributed by atoms with Gasteiger partial charge in [0.15, 0.2) is 0 Å². The van der Waals surface area contributed by atoms with Crippen LogP contribution in [-0.2, 0) is 16.6 Å². The Kier molecular flexibility index (Phi) is 5.12. The summed E-state index contributed by atoms with van der Waals surface area (Å²) in [6.07, 6.45) is 0. The number of anilines is 1. The van der Waals surface area contributed by atoms with Gasteiger partial charge < -0.3 is 4.90 Å². The lowest BCUT2D eigenvalue weighted by Crippen LogP contribution is -2.22. The average Bonchev–Trinajstić information content (AvgIpc) is 2.46. The molecule has 0 aliphatic carbocycles. The highest BCUT2D eigenvalue weighted by atomic mass is 32.2. The molecule has 0 amide bonds. The lowest BCUT2D eigenvalue weighted by molar-refractivity contribution is 0.520. The number of hydrogen-bond donors (Lipinski definition) is 0. The fourth-order valence-electron chi connectivity index (χ4n) is 2.55. The molecule has 0 aromatic heterocycles. The molecule has 0 N–H and O–H groups in total. The molecular formula is C18H24N2O2S. The second-order valence-electron chi connectivity index (χ2n) is 6.14. The van der Waals surface area contributed by atoms with E-state index in [2.05, 4.69) is 36.9 Å². The molecule has 5 heteroatoms. The van der Waals surface area contributed by atoms with E-state index in [1.165, 1.54) is 15.4 Å². The first-order valence-corrected chi connectivity index (χ1v) is 8.95. The van der Waals surface area contributed by atoms with Crippen molar-refractivity contribution in [2.45, 2.75) is 25.3 Å². The van der Waals surface area contributed by atoms with Gasteiger partial charge in [-0.2, -0.15) is 0 Å². The molecule has 0 saturated heterocycles. The molecule has 0 spiro atoms. The molecule has 2 aromatic carbocycles. The van der Waals surface area contributed by atoms with Gasteiger partial charge in [-0.15, -0.1) is 0 Å². The Balaban J connectivity index is 2.27. The van der Waals surface area contributed by atoms with Crippen molar-refractivity contribution in [2.24, 2.45) is 0 Å². The molecule has 0 aliphatic heterocycles. The van der Waals surface area contributed by atoms with Crippen LogP contribution in [0, 0.1) is 13.8 Å². The highest BCUT2D eigenvalue weighted by Crippen LogP contribution is 2.21. The molecule has 2 aromatic rings. The maximum Gasteiger partial charge on any atom is 0.242 e. The lowest BCUT2D eigenvalue weighted by Gasteiger charge is -2.21. The normalized spacial score (nSPS) is 11.7. The van der Waals surface area contributed by atoms with E-state index < -0.39 is 10.0 Å². The van der Waals surface area contributed by atoms with Gasteiger partial charge in [-0.1, -0.05) is 18.2 Å². The molecule has 0 unspecified atom stereocenters. The third-order valence-corrected chi connectivity index (χ3v) is 5.56. The molecule has 0 saturated carbocycles. The second-order valence-corrected chi connectivity index (χ2v) is 8.29. The van der Waals surface area contributed by atoms with E-state index in [1.54, 1.807) is 32.3 Å². The number of rotatable bonds is 5. The largest absolute Gasteiger partial charge is 0.370 e. The Morgan fingerprint density at radius 3 is 2.09 bits per heavy atom. The minimum absolute atomic E-state index is 0.328. The van der Waals surface area contributed by atoms with E-state index in [0.29, 0.717) is 11.4 Å². The van der Waals surface area contributed by atoms with Crippen molar-refractivity contribution in [1.29, 1.82) is 0 Å². The van der Waals surface area contributed by atoms with Crippen molar-refractivity contribution in [3.05, 3.63) is 59.2 Å². The molecule has 0 aliphatic rings. The van der Waals surface area contributed by atoms with Gasteiger partial charge in [0, 0.05) is 33.4 Å². The maximum absolute atomic E-state index is 12.2. The van der Waals surface area contributed by atoms with Crippen LogP contribution in [0.2, 0.25) is 0 Å². The van der Waals surface area contributed by atoms with Crippen LogP contribution < -0.4 is 4.90 Å². The fraction of sp³-hybridized carbons (Fsp3) is 0.333.